The van der Waals surface area contributed by atoms with Crippen molar-refractivity contribution in [2.75, 3.05) is 14.1 Å². The molecule has 5 heteroatoms. The van der Waals surface area contributed by atoms with Crippen molar-refractivity contribution >= 4 is 28.9 Å². The molecule has 1 saturated heterocycles. The number of likely N-dealkylation sites (N-methyl/N-ethyl adjacent to an activating group) is 1. The lowest BCUT2D eigenvalue weighted by molar-refractivity contribution is -0.121. The molecular weight excluding hydrogens is 282 g/mol. The van der Waals surface area contributed by atoms with Crippen LogP contribution in [0.1, 0.15) is 5.69 Å². The van der Waals surface area contributed by atoms with Gasteiger partial charge >= 0.3 is 0 Å². The minimum atomic E-state index is -0.0126. The third-order valence-electron chi connectivity index (χ3n) is 3.29. The lowest BCUT2D eigenvalue weighted by Crippen LogP contribution is -2.23. The molecule has 0 N–H and O–H groups in total. The van der Waals surface area contributed by atoms with E-state index < -0.39 is 0 Å². The molecule has 21 heavy (non-hydrogen) atoms. The Kier molecular flexibility index (Phi) is 3.66. The van der Waals surface area contributed by atoms with Crippen LogP contribution in [0.3, 0.4) is 0 Å². The second-order valence-corrected chi connectivity index (χ2v) is 5.63. The van der Waals surface area contributed by atoms with Gasteiger partial charge in [0.15, 0.2) is 5.17 Å². The zero-order valence-corrected chi connectivity index (χ0v) is 12.7. The number of aromatic nitrogens is 1. The molecule has 106 valence electrons. The van der Waals surface area contributed by atoms with E-state index in [0.717, 1.165) is 16.5 Å². The monoisotopic (exact) mass is 297 g/mol. The van der Waals surface area contributed by atoms with Gasteiger partial charge in [0.05, 0.1) is 4.91 Å². The summed E-state index contributed by atoms with van der Waals surface area (Å²) in [6.45, 7) is 0. The highest BCUT2D eigenvalue weighted by Crippen LogP contribution is 2.31. The maximum atomic E-state index is 12.2. The van der Waals surface area contributed by atoms with Gasteiger partial charge in [-0.3, -0.25) is 14.7 Å². The van der Waals surface area contributed by atoms with E-state index in [0.29, 0.717) is 4.91 Å². The van der Waals surface area contributed by atoms with E-state index in [2.05, 4.69) is 9.56 Å². The van der Waals surface area contributed by atoms with Crippen LogP contribution in [-0.2, 0) is 4.79 Å². The molecule has 1 aromatic carbocycles. The van der Waals surface area contributed by atoms with E-state index in [4.69, 9.17) is 0 Å². The summed E-state index contributed by atoms with van der Waals surface area (Å²) in [4.78, 5) is 18.6. The molecule has 0 radical (unpaired) electrons. The quantitative estimate of drug-likeness (QED) is 0.799. The fraction of sp³-hybridized carbons (Fsp3) is 0.125. The molecule has 0 saturated carbocycles. The Balaban J connectivity index is 1.99. The summed E-state index contributed by atoms with van der Waals surface area (Å²) in [5.74, 6) is -0.0126. The molecule has 1 amide bonds. The molecule has 2 aromatic rings. The van der Waals surface area contributed by atoms with Gasteiger partial charge in [-0.2, -0.15) is 0 Å². The third-order valence-corrected chi connectivity index (χ3v) is 4.44. The van der Waals surface area contributed by atoms with Gasteiger partial charge in [0.25, 0.3) is 5.91 Å². The highest BCUT2D eigenvalue weighted by Gasteiger charge is 2.29. The lowest BCUT2D eigenvalue weighted by Gasteiger charge is -2.07. The molecule has 2 heterocycles. The van der Waals surface area contributed by atoms with Crippen LogP contribution in [0.25, 0.3) is 11.8 Å². The van der Waals surface area contributed by atoms with Gasteiger partial charge in [-0.05, 0) is 42.1 Å². The third kappa shape index (κ3) is 2.52. The van der Waals surface area contributed by atoms with Crippen molar-refractivity contribution in [2.45, 2.75) is 0 Å². The molecule has 0 bridgehead atoms. The molecule has 0 atom stereocenters. The van der Waals surface area contributed by atoms with E-state index in [-0.39, 0.29) is 5.91 Å². The molecular formula is C16H15N3OS. The molecule has 0 unspecified atom stereocenters. The summed E-state index contributed by atoms with van der Waals surface area (Å²) >= 11 is 1.40. The summed E-state index contributed by atoms with van der Waals surface area (Å²) in [6.07, 6.45) is 3.90. The Bertz CT molecular complexity index is 731. The first-order valence-corrected chi connectivity index (χ1v) is 7.39. The van der Waals surface area contributed by atoms with Gasteiger partial charge in [-0.15, -0.1) is 0 Å². The molecule has 4 nitrogen and oxygen atoms in total. The smallest absolute Gasteiger partial charge is 0.266 e. The zero-order valence-electron chi connectivity index (χ0n) is 11.9. The van der Waals surface area contributed by atoms with Crippen LogP contribution in [0, 0.1) is 0 Å². The summed E-state index contributed by atoms with van der Waals surface area (Å²) in [6, 6.07) is 14.0. The molecule has 1 fully saturated rings. The average Bonchev–Trinajstić information content (AvgIpc) is 3.08. The first-order chi connectivity index (χ1) is 10.2. The average molecular weight is 297 g/mol. The summed E-state index contributed by atoms with van der Waals surface area (Å²) in [7, 11) is 3.44. The molecule has 1 aromatic heterocycles. The first-order valence-electron chi connectivity index (χ1n) is 6.58. The van der Waals surface area contributed by atoms with Crippen LogP contribution >= 0.6 is 11.8 Å². The van der Waals surface area contributed by atoms with E-state index in [9.17, 15) is 4.79 Å². The Hall–Kier alpha value is -2.27. The summed E-state index contributed by atoms with van der Waals surface area (Å²) < 4.78 is 2.06. The maximum Gasteiger partial charge on any atom is 0.266 e. The van der Waals surface area contributed by atoms with Crippen LogP contribution in [0.2, 0.25) is 0 Å². The van der Waals surface area contributed by atoms with Crippen molar-refractivity contribution in [3.63, 3.8) is 0 Å². The van der Waals surface area contributed by atoms with Crippen molar-refractivity contribution in [1.82, 2.24) is 9.47 Å². The van der Waals surface area contributed by atoms with E-state index in [1.165, 1.54) is 11.8 Å². The number of aliphatic imine (C=N–C) groups is 1. The van der Waals surface area contributed by atoms with Crippen LogP contribution in [0.15, 0.2) is 58.6 Å². The van der Waals surface area contributed by atoms with Crippen molar-refractivity contribution in [2.24, 2.45) is 4.99 Å². The zero-order chi connectivity index (χ0) is 14.8. The van der Waals surface area contributed by atoms with Crippen molar-refractivity contribution < 1.29 is 4.79 Å². The van der Waals surface area contributed by atoms with Gasteiger partial charge in [-0.1, -0.05) is 18.2 Å². The van der Waals surface area contributed by atoms with Crippen molar-refractivity contribution in [3.8, 4) is 5.69 Å². The topological polar surface area (TPSA) is 37.6 Å². The number of carbonyl (C=O) groups excluding carboxylic acids is 1. The number of amidine groups is 1. The number of thioether (sulfide) groups is 1. The molecule has 1 aliphatic rings. The first kappa shape index (κ1) is 13.7. The van der Waals surface area contributed by atoms with E-state index in [1.807, 2.05) is 54.7 Å². The lowest BCUT2D eigenvalue weighted by atomic mass is 10.3. The number of rotatable bonds is 2. The van der Waals surface area contributed by atoms with Crippen molar-refractivity contribution in [3.05, 3.63) is 59.3 Å². The largest absolute Gasteiger partial charge is 0.317 e. The summed E-state index contributed by atoms with van der Waals surface area (Å²) in [5, 5.41) is 0.726. The second kappa shape index (κ2) is 5.61. The van der Waals surface area contributed by atoms with Crippen LogP contribution in [0.5, 0.6) is 0 Å². The molecule has 1 aliphatic heterocycles. The fourth-order valence-corrected chi connectivity index (χ4v) is 3.13. The van der Waals surface area contributed by atoms with Gasteiger partial charge in [0.2, 0.25) is 0 Å². The van der Waals surface area contributed by atoms with Crippen LogP contribution < -0.4 is 0 Å². The molecule has 0 aliphatic carbocycles. The number of para-hydroxylation sites is 1. The Labute approximate surface area is 127 Å². The SMILES string of the molecule is CN=C1S/C(=C/c2cccn2-c2ccccc2)C(=O)N1C. The predicted octanol–water partition coefficient (Wildman–Crippen LogP) is 3.01. The molecule has 3 rings (SSSR count). The van der Waals surface area contributed by atoms with Gasteiger partial charge in [0.1, 0.15) is 0 Å². The van der Waals surface area contributed by atoms with Gasteiger partial charge in [0, 0.05) is 31.7 Å². The summed E-state index contributed by atoms with van der Waals surface area (Å²) in [5.41, 5.74) is 2.05. The minimum absolute atomic E-state index is 0.0126. The number of nitrogens with zero attached hydrogens (tertiary/aromatic N) is 3. The van der Waals surface area contributed by atoms with Crippen LogP contribution in [0.4, 0.5) is 0 Å². The number of amides is 1. The number of carbonyl (C=O) groups is 1. The Morgan fingerprint density at radius 1 is 1.14 bits per heavy atom. The van der Waals surface area contributed by atoms with Gasteiger partial charge < -0.3 is 4.57 Å². The molecule has 0 spiro atoms. The normalized spacial score (nSPS) is 19.0. The van der Waals surface area contributed by atoms with Crippen LogP contribution in [-0.4, -0.2) is 34.6 Å². The highest BCUT2D eigenvalue weighted by atomic mass is 32.2. The standard InChI is InChI=1S/C16H15N3OS/c1-17-16-18(2)15(20)14(21-16)11-13-9-6-10-19(13)12-7-4-3-5-8-12/h3-11H,1-2H3/b14-11+,17-16?. The van der Waals surface area contributed by atoms with E-state index in [1.54, 1.807) is 19.0 Å². The fourth-order valence-electron chi connectivity index (χ4n) is 2.22. The minimum Gasteiger partial charge on any atom is -0.317 e. The van der Waals surface area contributed by atoms with Gasteiger partial charge in [-0.25, -0.2) is 0 Å². The second-order valence-electron chi connectivity index (χ2n) is 4.62. The Morgan fingerprint density at radius 3 is 2.57 bits per heavy atom. The maximum absolute atomic E-state index is 12.2. The van der Waals surface area contributed by atoms with E-state index >= 15 is 0 Å². The predicted molar refractivity (Wildman–Crippen MR) is 87.5 cm³/mol. The van der Waals surface area contributed by atoms with Crippen molar-refractivity contribution in [1.29, 1.82) is 0 Å². The highest BCUT2D eigenvalue weighted by molar-refractivity contribution is 8.18. The number of benzene rings is 1. The number of hydrogen-bond acceptors (Lipinski definition) is 3. The number of hydrogen-bond donors (Lipinski definition) is 0. The Morgan fingerprint density at radius 2 is 1.90 bits per heavy atom.